The Labute approximate surface area is 142 Å². The van der Waals surface area contributed by atoms with Crippen molar-refractivity contribution in [3.8, 4) is 0 Å². The van der Waals surface area contributed by atoms with Crippen LogP contribution in [-0.4, -0.2) is 10.6 Å². The van der Waals surface area contributed by atoms with E-state index in [4.69, 9.17) is 0 Å². The zero-order chi connectivity index (χ0) is 16.9. The first-order chi connectivity index (χ1) is 11.6. The lowest BCUT2D eigenvalue weighted by Crippen LogP contribution is -2.31. The number of aliphatic imine (C=N–C) groups is 1. The first-order valence-corrected chi connectivity index (χ1v) is 7.88. The number of anilines is 1. The highest BCUT2D eigenvalue weighted by Crippen LogP contribution is 2.14. The van der Waals surface area contributed by atoms with Crippen LogP contribution in [0.3, 0.4) is 0 Å². The second kappa shape index (κ2) is 7.00. The fraction of sp³-hybridized carbons (Fsp3) is 0.158. The van der Waals surface area contributed by atoms with E-state index in [9.17, 15) is 0 Å². The van der Waals surface area contributed by atoms with Gasteiger partial charge in [-0.15, -0.1) is 4.68 Å². The molecule has 0 aliphatic carbocycles. The smallest absolute Gasteiger partial charge is 0.267 e. The van der Waals surface area contributed by atoms with E-state index in [-0.39, 0.29) is 0 Å². The lowest BCUT2D eigenvalue weighted by Gasteiger charge is -2.10. The van der Waals surface area contributed by atoms with Crippen molar-refractivity contribution in [1.29, 1.82) is 0 Å². The number of hydrogen-bond acceptors (Lipinski definition) is 1. The predicted molar refractivity (Wildman–Crippen MR) is 98.0 cm³/mol. The molecule has 0 saturated carbocycles. The van der Waals surface area contributed by atoms with Crippen molar-refractivity contribution in [2.45, 2.75) is 13.8 Å². The highest BCUT2D eigenvalue weighted by Gasteiger charge is 2.06. The maximum absolute atomic E-state index is 4.69. The summed E-state index contributed by atoms with van der Waals surface area (Å²) < 4.78 is 3.82. The Hall–Kier alpha value is -3.08. The van der Waals surface area contributed by atoms with Crippen LogP contribution < -0.4 is 15.3 Å². The highest BCUT2D eigenvalue weighted by atomic mass is 15.5. The molecule has 0 unspecified atom stereocenters. The van der Waals surface area contributed by atoms with Crippen LogP contribution in [0.5, 0.6) is 0 Å². The lowest BCUT2D eigenvalue weighted by atomic mass is 10.2. The number of aromatic nitrogens is 2. The molecule has 0 amide bonds. The second-order valence-corrected chi connectivity index (χ2v) is 5.89. The molecule has 0 aliphatic rings. The Morgan fingerprint density at radius 3 is 2.17 bits per heavy atom. The van der Waals surface area contributed by atoms with E-state index in [2.05, 4.69) is 53.8 Å². The fourth-order valence-corrected chi connectivity index (χ4v) is 2.24. The molecule has 122 valence electrons. The molecule has 5 nitrogen and oxygen atoms in total. The number of rotatable bonds is 3. The first kappa shape index (κ1) is 15.8. The van der Waals surface area contributed by atoms with Gasteiger partial charge in [0.25, 0.3) is 6.33 Å². The van der Waals surface area contributed by atoms with Crippen LogP contribution >= 0.6 is 0 Å². The summed E-state index contributed by atoms with van der Waals surface area (Å²) >= 11 is 0. The molecule has 2 N–H and O–H groups in total. The minimum absolute atomic E-state index is 0.652. The average molecular weight is 320 g/mol. The molecule has 0 saturated heterocycles. The number of nitrogens with zero attached hydrogens (tertiary/aromatic N) is 3. The SMILES string of the molecule is Cc1ccc(N=C(Nc2ccc(C)cc2)Nn2cc[n+](C)c2)cc1. The zero-order valence-electron chi connectivity index (χ0n) is 14.2. The lowest BCUT2D eigenvalue weighted by molar-refractivity contribution is -0.670. The van der Waals surface area contributed by atoms with Crippen molar-refractivity contribution >= 4 is 17.3 Å². The van der Waals surface area contributed by atoms with Crippen molar-refractivity contribution in [2.24, 2.45) is 12.0 Å². The third kappa shape index (κ3) is 4.23. The Morgan fingerprint density at radius 1 is 0.958 bits per heavy atom. The van der Waals surface area contributed by atoms with E-state index in [0.29, 0.717) is 5.96 Å². The summed E-state index contributed by atoms with van der Waals surface area (Å²) in [6, 6.07) is 16.3. The summed E-state index contributed by atoms with van der Waals surface area (Å²) in [4.78, 5) is 4.69. The Kier molecular flexibility index (Phi) is 4.61. The molecule has 2 aromatic carbocycles. The van der Waals surface area contributed by atoms with Gasteiger partial charge in [0.2, 0.25) is 5.96 Å². The molecular weight excluding hydrogens is 298 g/mol. The molecule has 3 rings (SSSR count). The Morgan fingerprint density at radius 2 is 1.58 bits per heavy atom. The Balaban J connectivity index is 1.87. The maximum atomic E-state index is 4.69. The molecule has 24 heavy (non-hydrogen) atoms. The van der Waals surface area contributed by atoms with Gasteiger partial charge in [0, 0.05) is 5.69 Å². The summed E-state index contributed by atoms with van der Waals surface area (Å²) in [5.74, 6) is 0.652. The molecule has 5 heteroatoms. The molecule has 1 aromatic heterocycles. The molecule has 0 atom stereocenters. The molecule has 3 aromatic rings. The van der Waals surface area contributed by atoms with E-state index in [1.54, 1.807) is 0 Å². The van der Waals surface area contributed by atoms with Crippen molar-refractivity contribution in [3.05, 3.63) is 78.4 Å². The minimum atomic E-state index is 0.652. The van der Waals surface area contributed by atoms with Crippen molar-refractivity contribution in [2.75, 3.05) is 10.7 Å². The van der Waals surface area contributed by atoms with E-state index >= 15 is 0 Å². The van der Waals surface area contributed by atoms with Gasteiger partial charge in [0.15, 0.2) is 6.20 Å². The summed E-state index contributed by atoms with van der Waals surface area (Å²) in [5, 5.41) is 3.34. The van der Waals surface area contributed by atoms with Gasteiger partial charge >= 0.3 is 0 Å². The van der Waals surface area contributed by atoms with Crippen LogP contribution in [0.4, 0.5) is 11.4 Å². The highest BCUT2D eigenvalue weighted by molar-refractivity contribution is 6.00. The molecule has 0 fully saturated rings. The maximum Gasteiger partial charge on any atom is 0.267 e. The topological polar surface area (TPSA) is 45.2 Å². The summed E-state index contributed by atoms with van der Waals surface area (Å²) in [5.41, 5.74) is 7.57. The van der Waals surface area contributed by atoms with Gasteiger partial charge in [-0.2, -0.15) is 5.43 Å². The van der Waals surface area contributed by atoms with Gasteiger partial charge in [0.1, 0.15) is 6.20 Å². The molecule has 0 radical (unpaired) electrons. The second-order valence-electron chi connectivity index (χ2n) is 5.89. The van der Waals surface area contributed by atoms with Crippen LogP contribution in [0, 0.1) is 13.8 Å². The van der Waals surface area contributed by atoms with Crippen molar-refractivity contribution < 1.29 is 4.57 Å². The Bertz CT molecular complexity index is 829. The van der Waals surface area contributed by atoms with Crippen LogP contribution in [0.1, 0.15) is 11.1 Å². The van der Waals surface area contributed by atoms with Crippen LogP contribution in [0.15, 0.2) is 72.2 Å². The van der Waals surface area contributed by atoms with E-state index in [1.807, 2.05) is 59.3 Å². The molecular formula is C19H22N5+. The summed E-state index contributed by atoms with van der Waals surface area (Å²) in [7, 11) is 1.97. The number of imidazole rings is 1. The van der Waals surface area contributed by atoms with Crippen LogP contribution in [0.25, 0.3) is 0 Å². The summed E-state index contributed by atoms with van der Waals surface area (Å²) in [6.45, 7) is 4.14. The number of benzene rings is 2. The van der Waals surface area contributed by atoms with E-state index < -0.39 is 0 Å². The van der Waals surface area contributed by atoms with Crippen LogP contribution in [-0.2, 0) is 7.05 Å². The number of hydrogen-bond donors (Lipinski definition) is 2. The zero-order valence-corrected chi connectivity index (χ0v) is 14.2. The van der Waals surface area contributed by atoms with Gasteiger partial charge in [0.05, 0.1) is 12.7 Å². The van der Waals surface area contributed by atoms with E-state index in [1.165, 1.54) is 11.1 Å². The van der Waals surface area contributed by atoms with Gasteiger partial charge in [-0.25, -0.2) is 9.56 Å². The number of aryl methyl sites for hydroxylation is 3. The first-order valence-electron chi connectivity index (χ1n) is 7.88. The summed E-state index contributed by atoms with van der Waals surface area (Å²) in [6.07, 6.45) is 5.82. The number of nitrogens with one attached hydrogen (secondary N) is 2. The predicted octanol–water partition coefficient (Wildman–Crippen LogP) is 3.27. The molecule has 0 aliphatic heterocycles. The molecule has 0 bridgehead atoms. The normalized spacial score (nSPS) is 11.4. The van der Waals surface area contributed by atoms with Gasteiger partial charge < -0.3 is 5.32 Å². The molecule has 0 spiro atoms. The largest absolute Gasteiger partial charge is 0.323 e. The third-order valence-corrected chi connectivity index (χ3v) is 3.59. The average Bonchev–Trinajstić information content (AvgIpc) is 2.97. The van der Waals surface area contributed by atoms with E-state index in [0.717, 1.165) is 11.4 Å². The van der Waals surface area contributed by atoms with Gasteiger partial charge in [-0.3, -0.25) is 0 Å². The number of guanidine groups is 1. The van der Waals surface area contributed by atoms with Crippen LogP contribution in [0.2, 0.25) is 0 Å². The fourth-order valence-electron chi connectivity index (χ4n) is 2.24. The molecule has 1 heterocycles. The van der Waals surface area contributed by atoms with Gasteiger partial charge in [-0.1, -0.05) is 35.4 Å². The third-order valence-electron chi connectivity index (χ3n) is 3.59. The quantitative estimate of drug-likeness (QED) is 0.442. The van der Waals surface area contributed by atoms with Crippen molar-refractivity contribution in [1.82, 2.24) is 4.68 Å². The van der Waals surface area contributed by atoms with Crippen molar-refractivity contribution in [3.63, 3.8) is 0 Å². The standard InChI is InChI=1S/C19H22N5/c1-15-4-8-17(9-5-15)20-19(22-24-13-12-23(3)14-24)21-18-10-6-16(2)7-11-18/h4-14H,1-3H3,(H2,20,21,22)/q+1. The minimum Gasteiger partial charge on any atom is -0.323 e. The van der Waals surface area contributed by atoms with Gasteiger partial charge in [-0.05, 0) is 38.1 Å². The monoisotopic (exact) mass is 320 g/mol.